The number of aliphatic hydroxyl groups is 1. The minimum Gasteiger partial charge on any atom is -0.438 e. The molecule has 0 aromatic heterocycles. The van der Waals surface area contributed by atoms with E-state index in [1.54, 1.807) is 24.8 Å². The van der Waals surface area contributed by atoms with E-state index in [-0.39, 0.29) is 12.1 Å². The highest BCUT2D eigenvalue weighted by Gasteiger charge is 2.46. The molecule has 1 amide bonds. The van der Waals surface area contributed by atoms with Gasteiger partial charge in [-0.25, -0.2) is 4.79 Å². The molecule has 3 aromatic rings. The van der Waals surface area contributed by atoms with Gasteiger partial charge in [0.15, 0.2) is 0 Å². The van der Waals surface area contributed by atoms with Gasteiger partial charge in [-0.2, -0.15) is 0 Å². The second-order valence-corrected chi connectivity index (χ2v) is 9.80. The van der Waals surface area contributed by atoms with Crippen LogP contribution in [0.15, 0.2) is 72.8 Å². The Morgan fingerprint density at radius 3 is 2.24 bits per heavy atom. The predicted octanol–water partition coefficient (Wildman–Crippen LogP) is 5.48. The molecule has 0 bridgehead atoms. The largest absolute Gasteiger partial charge is 0.438 e. The number of cyclic esters (lactones) is 1. The Morgan fingerprint density at radius 2 is 1.65 bits per heavy atom. The molecular formula is C28H33N3O3. The van der Waals surface area contributed by atoms with Gasteiger partial charge in [0.2, 0.25) is 0 Å². The Labute approximate surface area is 201 Å². The summed E-state index contributed by atoms with van der Waals surface area (Å²) in [7, 11) is 0. The maximum absolute atomic E-state index is 13.2. The number of nitrogens with two attached hydrogens (primary N) is 2. The van der Waals surface area contributed by atoms with Crippen molar-refractivity contribution in [2.24, 2.45) is 0 Å². The molecule has 0 radical (unpaired) electrons. The van der Waals surface area contributed by atoms with E-state index >= 15 is 0 Å². The Morgan fingerprint density at radius 1 is 1.00 bits per heavy atom. The van der Waals surface area contributed by atoms with Crippen LogP contribution in [0, 0.1) is 0 Å². The minimum atomic E-state index is -0.981. The summed E-state index contributed by atoms with van der Waals surface area (Å²) in [6.45, 7) is 6.03. The van der Waals surface area contributed by atoms with Crippen LogP contribution in [-0.2, 0) is 10.3 Å². The summed E-state index contributed by atoms with van der Waals surface area (Å²) >= 11 is 0. The van der Waals surface area contributed by atoms with Crippen molar-refractivity contribution in [2.75, 3.05) is 18.0 Å². The van der Waals surface area contributed by atoms with E-state index in [0.29, 0.717) is 30.8 Å². The van der Waals surface area contributed by atoms with Gasteiger partial charge < -0.3 is 26.2 Å². The second-order valence-electron chi connectivity index (χ2n) is 9.80. The van der Waals surface area contributed by atoms with Crippen LogP contribution in [0.1, 0.15) is 50.8 Å². The van der Waals surface area contributed by atoms with Crippen molar-refractivity contribution < 1.29 is 14.6 Å². The van der Waals surface area contributed by atoms with E-state index in [1.165, 1.54) is 0 Å². The van der Waals surface area contributed by atoms with Gasteiger partial charge in [0, 0.05) is 19.4 Å². The van der Waals surface area contributed by atoms with Crippen LogP contribution in [0.5, 0.6) is 0 Å². The van der Waals surface area contributed by atoms with Gasteiger partial charge in [-0.1, -0.05) is 60.7 Å². The first kappa shape index (κ1) is 23.6. The number of benzene rings is 3. The molecule has 4 rings (SSSR count). The van der Waals surface area contributed by atoms with Gasteiger partial charge in [0.25, 0.3) is 0 Å². The lowest BCUT2D eigenvalue weighted by atomic mass is 9.80. The molecular weight excluding hydrogens is 426 g/mol. The molecule has 3 aromatic carbocycles. The molecule has 6 heteroatoms. The molecule has 0 aliphatic carbocycles. The molecule has 0 saturated carbocycles. The van der Waals surface area contributed by atoms with Crippen molar-refractivity contribution in [2.45, 2.75) is 50.9 Å². The molecule has 34 heavy (non-hydrogen) atoms. The molecule has 2 unspecified atom stereocenters. The molecule has 1 aliphatic heterocycles. The fourth-order valence-corrected chi connectivity index (χ4v) is 4.78. The Kier molecular flexibility index (Phi) is 6.28. The van der Waals surface area contributed by atoms with Crippen molar-refractivity contribution in [3.63, 3.8) is 0 Å². The molecule has 1 aliphatic rings. The summed E-state index contributed by atoms with van der Waals surface area (Å²) in [5.41, 5.74) is 15.0. The van der Waals surface area contributed by atoms with Crippen LogP contribution in [0.25, 0.3) is 11.1 Å². The maximum atomic E-state index is 13.2. The number of carbonyl (C=O) groups is 1. The number of nitrogens with zero attached hydrogens (tertiary/aromatic N) is 1. The van der Waals surface area contributed by atoms with Gasteiger partial charge in [0.1, 0.15) is 5.60 Å². The normalized spacial score (nSPS) is 19.5. The molecule has 2 atom stereocenters. The monoisotopic (exact) mass is 459 g/mol. The Balaban J connectivity index is 1.53. The SMILES string of the molecule is CC(c1ccc(-c2ccc(N)c(N)c2)cc1)N1CCC(CC(C)(C)O)(c2ccccc2)OC1=O. The molecule has 178 valence electrons. The summed E-state index contributed by atoms with van der Waals surface area (Å²) < 4.78 is 6.11. The summed E-state index contributed by atoms with van der Waals surface area (Å²) in [6.07, 6.45) is 0.555. The van der Waals surface area contributed by atoms with E-state index in [9.17, 15) is 9.90 Å². The lowest BCUT2D eigenvalue weighted by molar-refractivity contribution is -0.101. The van der Waals surface area contributed by atoms with E-state index in [4.69, 9.17) is 16.2 Å². The number of ether oxygens (including phenoxy) is 1. The predicted molar refractivity (Wildman–Crippen MR) is 136 cm³/mol. The van der Waals surface area contributed by atoms with Crippen LogP contribution in [0.2, 0.25) is 0 Å². The number of nitrogen functional groups attached to an aromatic ring is 2. The highest BCUT2D eigenvalue weighted by molar-refractivity contribution is 5.75. The first-order valence-corrected chi connectivity index (χ1v) is 11.6. The smallest absolute Gasteiger partial charge is 0.411 e. The van der Waals surface area contributed by atoms with Crippen LogP contribution in [-0.4, -0.2) is 28.2 Å². The van der Waals surface area contributed by atoms with Gasteiger partial charge >= 0.3 is 6.09 Å². The highest BCUT2D eigenvalue weighted by Crippen LogP contribution is 2.42. The van der Waals surface area contributed by atoms with E-state index in [1.807, 2.05) is 73.7 Å². The lowest BCUT2D eigenvalue weighted by Gasteiger charge is -2.45. The average Bonchev–Trinajstić information content (AvgIpc) is 2.80. The highest BCUT2D eigenvalue weighted by atomic mass is 16.6. The number of rotatable bonds is 6. The van der Waals surface area contributed by atoms with Crippen molar-refractivity contribution in [1.29, 1.82) is 0 Å². The first-order chi connectivity index (χ1) is 16.1. The van der Waals surface area contributed by atoms with E-state index < -0.39 is 11.2 Å². The fraction of sp³-hybridized carbons (Fsp3) is 0.321. The van der Waals surface area contributed by atoms with Crippen molar-refractivity contribution in [1.82, 2.24) is 4.90 Å². The average molecular weight is 460 g/mol. The lowest BCUT2D eigenvalue weighted by Crippen LogP contribution is -2.51. The number of amides is 1. The Bertz CT molecular complexity index is 1160. The summed E-state index contributed by atoms with van der Waals surface area (Å²) in [5.74, 6) is 0. The minimum absolute atomic E-state index is 0.158. The third-order valence-electron chi connectivity index (χ3n) is 6.57. The van der Waals surface area contributed by atoms with Crippen LogP contribution < -0.4 is 11.5 Å². The second kappa shape index (κ2) is 9.03. The van der Waals surface area contributed by atoms with Gasteiger partial charge in [-0.3, -0.25) is 0 Å². The molecule has 1 fully saturated rings. The third-order valence-corrected chi connectivity index (χ3v) is 6.57. The molecule has 0 spiro atoms. The number of carbonyl (C=O) groups excluding carboxylic acids is 1. The Hall–Kier alpha value is -3.51. The number of hydrogen-bond donors (Lipinski definition) is 3. The zero-order valence-electron chi connectivity index (χ0n) is 20.0. The van der Waals surface area contributed by atoms with Crippen molar-refractivity contribution in [3.05, 3.63) is 83.9 Å². The van der Waals surface area contributed by atoms with E-state index in [2.05, 4.69) is 0 Å². The fourth-order valence-electron chi connectivity index (χ4n) is 4.78. The van der Waals surface area contributed by atoms with Gasteiger partial charge in [0.05, 0.1) is 23.0 Å². The third kappa shape index (κ3) is 4.87. The molecule has 1 heterocycles. The van der Waals surface area contributed by atoms with Crippen LogP contribution in [0.3, 0.4) is 0 Å². The van der Waals surface area contributed by atoms with Crippen molar-refractivity contribution >= 4 is 17.5 Å². The summed E-state index contributed by atoms with van der Waals surface area (Å²) in [5, 5.41) is 10.6. The zero-order chi connectivity index (χ0) is 24.5. The molecule has 1 saturated heterocycles. The van der Waals surface area contributed by atoms with Gasteiger partial charge in [-0.05, 0) is 55.2 Å². The topological polar surface area (TPSA) is 102 Å². The maximum Gasteiger partial charge on any atom is 0.411 e. The van der Waals surface area contributed by atoms with E-state index in [0.717, 1.165) is 22.3 Å². The number of anilines is 2. The van der Waals surface area contributed by atoms with Crippen LogP contribution >= 0.6 is 0 Å². The first-order valence-electron chi connectivity index (χ1n) is 11.6. The van der Waals surface area contributed by atoms with Crippen molar-refractivity contribution in [3.8, 4) is 11.1 Å². The standard InChI is InChI=1S/C28H33N3O3/c1-19(20-9-11-21(12-10-20)22-13-14-24(29)25(30)17-22)31-16-15-28(34-26(31)32,18-27(2,3)33)23-7-5-4-6-8-23/h4-14,17,19,33H,15-16,18,29-30H2,1-3H3. The zero-order valence-corrected chi connectivity index (χ0v) is 20.0. The molecule has 6 nitrogen and oxygen atoms in total. The van der Waals surface area contributed by atoms with Crippen LogP contribution in [0.4, 0.5) is 16.2 Å². The quantitative estimate of drug-likeness (QED) is 0.424. The molecule has 5 N–H and O–H groups in total. The summed E-state index contributed by atoms with van der Waals surface area (Å²) in [6, 6.07) is 23.3. The van der Waals surface area contributed by atoms with Gasteiger partial charge in [-0.15, -0.1) is 0 Å². The summed E-state index contributed by atoms with van der Waals surface area (Å²) in [4.78, 5) is 15.0. The number of hydrogen-bond acceptors (Lipinski definition) is 5.